The van der Waals surface area contributed by atoms with Gasteiger partial charge in [0, 0.05) is 5.02 Å². The lowest BCUT2D eigenvalue weighted by atomic mass is 10.2. The van der Waals surface area contributed by atoms with E-state index < -0.39 is 11.6 Å². The van der Waals surface area contributed by atoms with Gasteiger partial charge in [0.2, 0.25) is 0 Å². The molecule has 2 N–H and O–H groups in total. The maximum Gasteiger partial charge on any atom is 0.344 e. The van der Waals surface area contributed by atoms with Gasteiger partial charge in [-0.3, -0.25) is 0 Å². The molecule has 5 heteroatoms. The summed E-state index contributed by atoms with van der Waals surface area (Å²) in [6, 6.07) is 4.82. The maximum absolute atomic E-state index is 11.4. The molecular weight excluding hydrogens is 242 g/mol. The first kappa shape index (κ1) is 13.6. The Morgan fingerprint density at radius 1 is 1.41 bits per heavy atom. The molecule has 0 radical (unpaired) electrons. The van der Waals surface area contributed by atoms with Gasteiger partial charge in [-0.1, -0.05) is 11.6 Å². The molecule has 94 valence electrons. The zero-order valence-corrected chi connectivity index (χ0v) is 10.9. The Labute approximate surface area is 106 Å². The third kappa shape index (κ3) is 4.95. The van der Waals surface area contributed by atoms with Crippen LogP contribution in [0.1, 0.15) is 20.8 Å². The van der Waals surface area contributed by atoms with Crippen LogP contribution in [0.3, 0.4) is 0 Å². The van der Waals surface area contributed by atoms with Crippen molar-refractivity contribution in [1.82, 2.24) is 0 Å². The Morgan fingerprint density at radius 2 is 2.06 bits per heavy atom. The number of ether oxygens (including phenoxy) is 2. The summed E-state index contributed by atoms with van der Waals surface area (Å²) < 4.78 is 10.3. The first-order valence-electron chi connectivity index (χ1n) is 5.17. The number of anilines is 1. The van der Waals surface area contributed by atoms with Crippen molar-refractivity contribution in [1.29, 1.82) is 0 Å². The van der Waals surface area contributed by atoms with E-state index in [9.17, 15) is 4.79 Å². The molecule has 0 atom stereocenters. The van der Waals surface area contributed by atoms with Crippen molar-refractivity contribution in [2.75, 3.05) is 12.3 Å². The van der Waals surface area contributed by atoms with Crippen molar-refractivity contribution in [3.05, 3.63) is 23.2 Å². The summed E-state index contributed by atoms with van der Waals surface area (Å²) in [7, 11) is 0. The van der Waals surface area contributed by atoms with Gasteiger partial charge in [0.25, 0.3) is 0 Å². The molecule has 1 aromatic carbocycles. The molecule has 0 saturated carbocycles. The molecule has 0 aromatic heterocycles. The SMILES string of the molecule is CC(C)(C)OC(=O)COc1ccc(Cl)cc1N. The monoisotopic (exact) mass is 257 g/mol. The lowest BCUT2D eigenvalue weighted by Gasteiger charge is -2.19. The number of nitrogen functional groups attached to an aromatic ring is 1. The molecule has 0 aliphatic carbocycles. The molecule has 0 fully saturated rings. The third-order valence-electron chi connectivity index (χ3n) is 1.74. The summed E-state index contributed by atoms with van der Waals surface area (Å²) in [5.74, 6) is -0.0212. The number of halogens is 1. The largest absolute Gasteiger partial charge is 0.480 e. The molecule has 0 saturated heterocycles. The van der Waals surface area contributed by atoms with Crippen LogP contribution in [0.4, 0.5) is 5.69 Å². The van der Waals surface area contributed by atoms with Crippen molar-refractivity contribution >= 4 is 23.3 Å². The molecule has 1 aromatic rings. The van der Waals surface area contributed by atoms with E-state index in [-0.39, 0.29) is 6.61 Å². The summed E-state index contributed by atoms with van der Waals surface area (Å²) in [6.45, 7) is 5.20. The molecule has 17 heavy (non-hydrogen) atoms. The fourth-order valence-corrected chi connectivity index (χ4v) is 1.34. The second-order valence-electron chi connectivity index (χ2n) is 4.56. The summed E-state index contributed by atoms with van der Waals surface area (Å²) in [5, 5.41) is 0.520. The quantitative estimate of drug-likeness (QED) is 0.668. The van der Waals surface area contributed by atoms with Crippen molar-refractivity contribution in [2.24, 2.45) is 0 Å². The fraction of sp³-hybridized carbons (Fsp3) is 0.417. The molecular formula is C12H16ClNO3. The number of carbonyl (C=O) groups is 1. The van der Waals surface area contributed by atoms with Gasteiger partial charge in [-0.2, -0.15) is 0 Å². The normalized spacial score (nSPS) is 11.1. The van der Waals surface area contributed by atoms with Gasteiger partial charge >= 0.3 is 5.97 Å². The first-order chi connectivity index (χ1) is 7.78. The van der Waals surface area contributed by atoms with Crippen molar-refractivity contribution in [3.63, 3.8) is 0 Å². The number of esters is 1. The van der Waals surface area contributed by atoms with Crippen LogP contribution in [-0.4, -0.2) is 18.2 Å². The van der Waals surface area contributed by atoms with E-state index in [0.717, 1.165) is 0 Å². The van der Waals surface area contributed by atoms with E-state index >= 15 is 0 Å². The van der Waals surface area contributed by atoms with Crippen LogP contribution in [0.25, 0.3) is 0 Å². The van der Waals surface area contributed by atoms with E-state index in [4.69, 9.17) is 26.8 Å². The minimum Gasteiger partial charge on any atom is -0.480 e. The molecule has 1 rings (SSSR count). The summed E-state index contributed by atoms with van der Waals surface area (Å²) in [5.41, 5.74) is 5.54. The zero-order valence-electron chi connectivity index (χ0n) is 10.1. The van der Waals surface area contributed by atoms with Crippen molar-refractivity contribution in [2.45, 2.75) is 26.4 Å². The van der Waals surface area contributed by atoms with E-state index in [1.54, 1.807) is 39.0 Å². The Morgan fingerprint density at radius 3 is 2.59 bits per heavy atom. The smallest absolute Gasteiger partial charge is 0.344 e. The average molecular weight is 258 g/mol. The van der Waals surface area contributed by atoms with Crippen LogP contribution in [0.5, 0.6) is 5.75 Å². The minimum absolute atomic E-state index is 0.177. The van der Waals surface area contributed by atoms with Gasteiger partial charge in [-0.25, -0.2) is 4.79 Å². The van der Waals surface area contributed by atoms with Gasteiger partial charge in [0.15, 0.2) is 6.61 Å². The number of rotatable bonds is 3. The fourth-order valence-electron chi connectivity index (χ4n) is 1.16. The second-order valence-corrected chi connectivity index (χ2v) is 4.99. The van der Waals surface area contributed by atoms with Crippen LogP contribution in [0.2, 0.25) is 5.02 Å². The number of carbonyl (C=O) groups excluding carboxylic acids is 1. The summed E-state index contributed by atoms with van der Waals surface area (Å²) in [4.78, 5) is 11.4. The molecule has 0 aliphatic heterocycles. The number of hydrogen-bond donors (Lipinski definition) is 1. The number of hydrogen-bond acceptors (Lipinski definition) is 4. The first-order valence-corrected chi connectivity index (χ1v) is 5.55. The highest BCUT2D eigenvalue weighted by Crippen LogP contribution is 2.24. The van der Waals surface area contributed by atoms with Crippen LogP contribution < -0.4 is 10.5 Å². The van der Waals surface area contributed by atoms with Gasteiger partial charge in [-0.05, 0) is 39.0 Å². The molecule has 0 bridgehead atoms. The highest BCUT2D eigenvalue weighted by atomic mass is 35.5. The Hall–Kier alpha value is -1.42. The lowest BCUT2D eigenvalue weighted by molar-refractivity contribution is -0.157. The Balaban J connectivity index is 2.53. The predicted molar refractivity (Wildman–Crippen MR) is 67.2 cm³/mol. The van der Waals surface area contributed by atoms with Crippen LogP contribution in [-0.2, 0) is 9.53 Å². The molecule has 0 heterocycles. The summed E-state index contributed by atoms with van der Waals surface area (Å²) >= 11 is 5.74. The number of benzene rings is 1. The zero-order chi connectivity index (χ0) is 13.1. The third-order valence-corrected chi connectivity index (χ3v) is 1.97. The highest BCUT2D eigenvalue weighted by Gasteiger charge is 2.16. The minimum atomic E-state index is -0.522. The second kappa shape index (κ2) is 5.27. The number of nitrogens with two attached hydrogens (primary N) is 1. The van der Waals surface area contributed by atoms with E-state index in [1.807, 2.05) is 0 Å². The van der Waals surface area contributed by atoms with Crippen LogP contribution in [0.15, 0.2) is 18.2 Å². The van der Waals surface area contributed by atoms with E-state index in [2.05, 4.69) is 0 Å². The molecule has 4 nitrogen and oxygen atoms in total. The standard InChI is InChI=1S/C12H16ClNO3/c1-12(2,3)17-11(15)7-16-10-5-4-8(13)6-9(10)14/h4-6H,7,14H2,1-3H3. The van der Waals surface area contributed by atoms with Gasteiger partial charge < -0.3 is 15.2 Å². The lowest BCUT2D eigenvalue weighted by Crippen LogP contribution is -2.27. The molecule has 0 unspecified atom stereocenters. The van der Waals surface area contributed by atoms with Crippen molar-refractivity contribution < 1.29 is 14.3 Å². The maximum atomic E-state index is 11.4. The van der Waals surface area contributed by atoms with E-state index in [0.29, 0.717) is 16.5 Å². The van der Waals surface area contributed by atoms with Gasteiger partial charge in [0.05, 0.1) is 5.69 Å². The summed E-state index contributed by atoms with van der Waals surface area (Å²) in [6.07, 6.45) is 0. The Bertz CT molecular complexity index is 413. The van der Waals surface area contributed by atoms with Gasteiger partial charge in [0.1, 0.15) is 11.4 Å². The van der Waals surface area contributed by atoms with Crippen LogP contribution in [0, 0.1) is 0 Å². The van der Waals surface area contributed by atoms with Crippen molar-refractivity contribution in [3.8, 4) is 5.75 Å². The molecule has 0 amide bonds. The average Bonchev–Trinajstić information content (AvgIpc) is 2.13. The predicted octanol–water partition coefficient (Wildman–Crippen LogP) is 2.64. The van der Waals surface area contributed by atoms with Crippen LogP contribution >= 0.6 is 11.6 Å². The Kier molecular flexibility index (Phi) is 4.23. The molecule has 0 spiro atoms. The van der Waals surface area contributed by atoms with Gasteiger partial charge in [-0.15, -0.1) is 0 Å². The highest BCUT2D eigenvalue weighted by molar-refractivity contribution is 6.30. The molecule has 0 aliphatic rings. The topological polar surface area (TPSA) is 61.5 Å². The van der Waals surface area contributed by atoms with E-state index in [1.165, 1.54) is 0 Å².